The van der Waals surface area contributed by atoms with Crippen LogP contribution < -0.4 is 0 Å². The van der Waals surface area contributed by atoms with E-state index in [1.165, 1.54) is 47.6 Å². The predicted molar refractivity (Wildman–Crippen MR) is 247 cm³/mol. The van der Waals surface area contributed by atoms with Gasteiger partial charge in [-0.05, 0) is 99.9 Å². The number of hydrogen-bond donors (Lipinski definition) is 0. The first-order valence-electron chi connectivity index (χ1n) is 19.5. The van der Waals surface area contributed by atoms with Crippen LogP contribution in [0.1, 0.15) is 28.5 Å². The van der Waals surface area contributed by atoms with Gasteiger partial charge in [0.2, 0.25) is 0 Å². The fourth-order valence-electron chi connectivity index (χ4n) is 7.72. The maximum Gasteiger partial charge on any atom is 0.164 e. The maximum atomic E-state index is 6.51. The zero-order chi connectivity index (χ0) is 39.0. The monoisotopic (exact) mass is 763 g/mol. The molecule has 0 N–H and O–H groups in total. The smallest absolute Gasteiger partial charge is 0.164 e. The molecule has 0 aliphatic heterocycles. The summed E-state index contributed by atoms with van der Waals surface area (Å²) in [6.45, 7) is 4.23. The van der Waals surface area contributed by atoms with Crippen molar-refractivity contribution in [3.8, 4) is 34.2 Å². The van der Waals surface area contributed by atoms with Crippen LogP contribution >= 0.6 is 11.3 Å². The van der Waals surface area contributed by atoms with Gasteiger partial charge in [-0.1, -0.05) is 146 Å². The van der Waals surface area contributed by atoms with Crippen molar-refractivity contribution in [3.63, 3.8) is 0 Å². The van der Waals surface area contributed by atoms with Gasteiger partial charge in [0.15, 0.2) is 17.5 Å². The molecule has 3 heterocycles. The Labute approximate surface area is 340 Å². The second-order valence-electron chi connectivity index (χ2n) is 14.4. The molecule has 0 saturated carbocycles. The molecule has 10 aromatic rings. The first-order chi connectivity index (χ1) is 28.6. The maximum absolute atomic E-state index is 6.51. The van der Waals surface area contributed by atoms with Crippen molar-refractivity contribution in [3.05, 3.63) is 191 Å². The number of allylic oxidation sites excluding steroid dienone is 5. The molecule has 58 heavy (non-hydrogen) atoms. The minimum atomic E-state index is 0.599. The van der Waals surface area contributed by atoms with Gasteiger partial charge in [-0.3, -0.25) is 0 Å². The number of aromatic nitrogens is 3. The van der Waals surface area contributed by atoms with E-state index in [1.54, 1.807) is 0 Å². The van der Waals surface area contributed by atoms with Crippen LogP contribution in [0.25, 0.3) is 106 Å². The SMILES string of the molecule is C/C=C\C=C/c1ccc2sc(/C=C\C=C\c3ccc4c(c3)oc3cccc(-c5nc(-c6ccccc6)nc(-c6ccc7ccc8ccccc8c7c6)n5)c34)c(C)c2c1. The Balaban J connectivity index is 1.00. The Hall–Kier alpha value is -7.21. The minimum Gasteiger partial charge on any atom is -0.456 e. The quantitative estimate of drug-likeness (QED) is 0.114. The highest BCUT2D eigenvalue weighted by atomic mass is 32.1. The summed E-state index contributed by atoms with van der Waals surface area (Å²) in [6, 6.07) is 48.6. The van der Waals surface area contributed by atoms with Crippen LogP contribution in [0.4, 0.5) is 0 Å². The summed E-state index contributed by atoms with van der Waals surface area (Å²) in [6.07, 6.45) is 16.8. The van der Waals surface area contributed by atoms with Crippen molar-refractivity contribution in [2.24, 2.45) is 0 Å². The average Bonchev–Trinajstić information content (AvgIpc) is 3.81. The molecule has 3 aromatic heterocycles. The van der Waals surface area contributed by atoms with E-state index in [0.717, 1.165) is 44.2 Å². The molecule has 0 unspecified atom stereocenters. The highest BCUT2D eigenvalue weighted by Gasteiger charge is 2.18. The third-order valence-electron chi connectivity index (χ3n) is 10.7. The highest BCUT2D eigenvalue weighted by Crippen LogP contribution is 2.38. The normalized spacial score (nSPS) is 12.4. The summed E-state index contributed by atoms with van der Waals surface area (Å²) in [5, 5.41) is 8.04. The molecule has 0 atom stereocenters. The van der Waals surface area contributed by atoms with Crippen molar-refractivity contribution in [1.82, 2.24) is 15.0 Å². The largest absolute Gasteiger partial charge is 0.456 e. The van der Waals surface area contributed by atoms with Gasteiger partial charge in [0.25, 0.3) is 0 Å². The molecule has 4 nitrogen and oxygen atoms in total. The van der Waals surface area contributed by atoms with Gasteiger partial charge in [0.05, 0.1) is 0 Å². The summed E-state index contributed by atoms with van der Waals surface area (Å²) >= 11 is 1.82. The molecule has 0 fully saturated rings. The number of furan rings is 1. The van der Waals surface area contributed by atoms with Gasteiger partial charge >= 0.3 is 0 Å². The molecule has 5 heteroatoms. The number of hydrogen-bond acceptors (Lipinski definition) is 5. The van der Waals surface area contributed by atoms with Crippen LogP contribution in [0.5, 0.6) is 0 Å². The lowest BCUT2D eigenvalue weighted by Crippen LogP contribution is -2.00. The number of nitrogens with zero attached hydrogens (tertiary/aromatic N) is 3. The van der Waals surface area contributed by atoms with E-state index in [1.807, 2.05) is 66.8 Å². The lowest BCUT2D eigenvalue weighted by Gasteiger charge is -2.10. The first kappa shape index (κ1) is 35.2. The van der Waals surface area contributed by atoms with Crippen LogP contribution in [-0.2, 0) is 0 Å². The Kier molecular flexibility index (Phi) is 9.13. The van der Waals surface area contributed by atoms with Crippen LogP contribution in [0.15, 0.2) is 174 Å². The Bertz CT molecular complexity index is 3310. The molecule has 0 radical (unpaired) electrons. The predicted octanol–water partition coefficient (Wildman–Crippen LogP) is 14.9. The van der Waals surface area contributed by atoms with Gasteiger partial charge in [-0.25, -0.2) is 15.0 Å². The highest BCUT2D eigenvalue weighted by molar-refractivity contribution is 7.20. The van der Waals surface area contributed by atoms with Crippen molar-refractivity contribution in [2.45, 2.75) is 13.8 Å². The summed E-state index contributed by atoms with van der Waals surface area (Å²) < 4.78 is 7.81. The van der Waals surface area contributed by atoms with Crippen molar-refractivity contribution in [2.75, 3.05) is 0 Å². The van der Waals surface area contributed by atoms with Gasteiger partial charge in [-0.2, -0.15) is 0 Å². The van der Waals surface area contributed by atoms with Crippen molar-refractivity contribution < 1.29 is 4.42 Å². The topological polar surface area (TPSA) is 51.8 Å². The van der Waals surface area contributed by atoms with Crippen LogP contribution in [0, 0.1) is 6.92 Å². The Morgan fingerprint density at radius 1 is 0.500 bits per heavy atom. The summed E-state index contributed by atoms with van der Waals surface area (Å²) in [5.74, 6) is 1.84. The molecule has 0 aliphatic rings. The van der Waals surface area contributed by atoms with E-state index < -0.39 is 0 Å². The molecular weight excluding hydrogens is 727 g/mol. The fraction of sp³-hybridized carbons (Fsp3) is 0.0377. The van der Waals surface area contributed by atoms with Gasteiger partial charge in [0, 0.05) is 37.0 Å². The van der Waals surface area contributed by atoms with E-state index in [9.17, 15) is 0 Å². The lowest BCUT2D eigenvalue weighted by molar-refractivity contribution is 0.669. The third kappa shape index (κ3) is 6.61. The zero-order valence-electron chi connectivity index (χ0n) is 32.1. The van der Waals surface area contributed by atoms with E-state index in [4.69, 9.17) is 19.4 Å². The summed E-state index contributed by atoms with van der Waals surface area (Å²) in [5.41, 5.74) is 7.93. The second-order valence-corrected chi connectivity index (χ2v) is 15.5. The minimum absolute atomic E-state index is 0.599. The molecule has 0 amide bonds. The van der Waals surface area contributed by atoms with E-state index in [0.29, 0.717) is 17.5 Å². The molecule has 7 aromatic carbocycles. The van der Waals surface area contributed by atoms with Crippen LogP contribution in [-0.4, -0.2) is 15.0 Å². The lowest BCUT2D eigenvalue weighted by atomic mass is 9.99. The van der Waals surface area contributed by atoms with Gasteiger partial charge in [-0.15, -0.1) is 11.3 Å². The summed E-state index contributed by atoms with van der Waals surface area (Å²) in [7, 11) is 0. The molecule has 10 rings (SSSR count). The molecule has 0 saturated heterocycles. The molecular formula is C53H37N3OS. The molecule has 0 bridgehead atoms. The molecule has 276 valence electrons. The summed E-state index contributed by atoms with van der Waals surface area (Å²) in [4.78, 5) is 16.6. The second kappa shape index (κ2) is 15.0. The number of fused-ring (bicyclic) bond motifs is 7. The number of thiophene rings is 1. The Morgan fingerprint density at radius 3 is 2.07 bits per heavy atom. The zero-order valence-corrected chi connectivity index (χ0v) is 32.9. The van der Waals surface area contributed by atoms with Crippen molar-refractivity contribution >= 4 is 83.1 Å². The van der Waals surface area contributed by atoms with E-state index >= 15 is 0 Å². The van der Waals surface area contributed by atoms with Crippen LogP contribution in [0.2, 0.25) is 0 Å². The number of rotatable bonds is 8. The first-order valence-corrected chi connectivity index (χ1v) is 20.3. The molecule has 0 spiro atoms. The third-order valence-corrected chi connectivity index (χ3v) is 11.9. The number of benzene rings is 7. The van der Waals surface area contributed by atoms with Crippen molar-refractivity contribution in [1.29, 1.82) is 0 Å². The van der Waals surface area contributed by atoms with E-state index in [2.05, 4.69) is 147 Å². The average molecular weight is 764 g/mol. The van der Waals surface area contributed by atoms with E-state index in [-0.39, 0.29) is 0 Å². The van der Waals surface area contributed by atoms with Gasteiger partial charge in [0.1, 0.15) is 11.2 Å². The van der Waals surface area contributed by atoms with Crippen LogP contribution in [0.3, 0.4) is 0 Å². The standard InChI is InChI=1S/C53H37N3OS/c1-3-4-6-14-35-24-30-49-44(31-35)34(2)48(58-49)22-12-9-15-36-23-29-42-47(32-36)57-46-21-13-20-43(50(42)46)53-55-51(39-17-7-5-8-18-39)54-52(56-53)40-28-27-38-26-25-37-16-10-11-19-41(37)45(38)33-40/h3-33H,1-2H3/b4-3-,14-6-,15-9+,22-12-. The number of aryl methyl sites for hydroxylation is 1. The Morgan fingerprint density at radius 2 is 1.21 bits per heavy atom. The van der Waals surface area contributed by atoms with Gasteiger partial charge < -0.3 is 4.42 Å². The fourth-order valence-corrected chi connectivity index (χ4v) is 8.83. The molecule has 0 aliphatic carbocycles.